The molecule has 0 radical (unpaired) electrons. The van der Waals surface area contributed by atoms with E-state index in [9.17, 15) is 4.79 Å². The number of hydrogen-bond acceptors (Lipinski definition) is 4. The lowest BCUT2D eigenvalue weighted by Crippen LogP contribution is -2.28. The Hall–Kier alpha value is -2.93. The Morgan fingerprint density at radius 3 is 2.77 bits per heavy atom. The maximum Gasteiger partial charge on any atom is 0.268 e. The highest BCUT2D eigenvalue weighted by atomic mass is 79.9. The quantitative estimate of drug-likeness (QED) is 0.589. The Morgan fingerprint density at radius 1 is 1.20 bits per heavy atom. The van der Waals surface area contributed by atoms with Crippen LogP contribution in [0.3, 0.4) is 0 Å². The maximum atomic E-state index is 12.8. The molecule has 7 heteroatoms. The molecule has 0 saturated carbocycles. The zero-order chi connectivity index (χ0) is 21.3. The second kappa shape index (κ2) is 8.44. The zero-order valence-corrected chi connectivity index (χ0v) is 18.7. The molecular weight excluding hydrogens is 444 g/mol. The van der Waals surface area contributed by atoms with Gasteiger partial charge in [-0.3, -0.25) is 9.48 Å². The first kappa shape index (κ1) is 20.3. The average molecular weight is 467 g/mol. The van der Waals surface area contributed by atoms with Gasteiger partial charge in [-0.2, -0.15) is 5.10 Å². The van der Waals surface area contributed by atoms with Gasteiger partial charge in [0, 0.05) is 16.5 Å². The van der Waals surface area contributed by atoms with Crippen LogP contribution in [0.1, 0.15) is 34.5 Å². The average Bonchev–Trinajstić information content (AvgIpc) is 3.30. The van der Waals surface area contributed by atoms with Gasteiger partial charge in [0.2, 0.25) is 6.10 Å². The fourth-order valence-electron chi connectivity index (χ4n) is 3.58. The number of amides is 1. The van der Waals surface area contributed by atoms with E-state index in [1.165, 1.54) is 11.1 Å². The molecule has 30 heavy (non-hydrogen) atoms. The molecule has 1 N–H and O–H groups in total. The van der Waals surface area contributed by atoms with Gasteiger partial charge in [0.15, 0.2) is 0 Å². The standard InChI is InChI=1S/C23H23BrN4O2/c1-14-6-4-7-17(10-14)13-28-16(3)22(15(2)26-28)25-23(29)21-12-20(27-30-21)18-8-5-9-19(24)11-18/h4-11,21H,12-13H2,1-3H3,(H,25,29). The van der Waals surface area contributed by atoms with Crippen molar-refractivity contribution in [2.24, 2.45) is 5.16 Å². The van der Waals surface area contributed by atoms with Crippen molar-refractivity contribution in [2.45, 2.75) is 39.8 Å². The topological polar surface area (TPSA) is 68.5 Å². The van der Waals surface area contributed by atoms with Gasteiger partial charge < -0.3 is 10.2 Å². The molecule has 2 aromatic carbocycles. The predicted molar refractivity (Wildman–Crippen MR) is 121 cm³/mol. The van der Waals surface area contributed by atoms with Crippen molar-refractivity contribution in [3.05, 3.63) is 81.1 Å². The summed E-state index contributed by atoms with van der Waals surface area (Å²) in [7, 11) is 0. The van der Waals surface area contributed by atoms with Crippen molar-refractivity contribution in [1.82, 2.24) is 9.78 Å². The molecule has 1 amide bonds. The molecule has 6 nitrogen and oxygen atoms in total. The number of carbonyl (C=O) groups is 1. The number of nitrogens with zero attached hydrogens (tertiary/aromatic N) is 3. The van der Waals surface area contributed by atoms with Crippen molar-refractivity contribution in [3.8, 4) is 0 Å². The van der Waals surface area contributed by atoms with Crippen LogP contribution in [0, 0.1) is 20.8 Å². The Kier molecular flexibility index (Phi) is 5.72. The molecule has 0 saturated heterocycles. The predicted octanol–water partition coefficient (Wildman–Crippen LogP) is 4.75. The van der Waals surface area contributed by atoms with Crippen molar-refractivity contribution < 1.29 is 9.63 Å². The molecule has 1 aromatic heterocycles. The van der Waals surface area contributed by atoms with E-state index in [-0.39, 0.29) is 5.91 Å². The third-order valence-corrected chi connectivity index (χ3v) is 5.66. The number of carbonyl (C=O) groups excluding carboxylic acids is 1. The summed E-state index contributed by atoms with van der Waals surface area (Å²) >= 11 is 3.46. The van der Waals surface area contributed by atoms with Gasteiger partial charge in [-0.15, -0.1) is 0 Å². The van der Waals surface area contributed by atoms with E-state index >= 15 is 0 Å². The van der Waals surface area contributed by atoms with E-state index in [4.69, 9.17) is 4.84 Å². The van der Waals surface area contributed by atoms with Crippen LogP contribution in [0.25, 0.3) is 0 Å². The second-order valence-electron chi connectivity index (χ2n) is 7.53. The van der Waals surface area contributed by atoms with E-state index in [0.717, 1.165) is 32.8 Å². The molecule has 0 spiro atoms. The maximum absolute atomic E-state index is 12.8. The molecule has 154 valence electrons. The van der Waals surface area contributed by atoms with Crippen molar-refractivity contribution >= 4 is 33.2 Å². The molecule has 0 aliphatic carbocycles. The van der Waals surface area contributed by atoms with Gasteiger partial charge in [-0.05, 0) is 38.5 Å². The Bertz CT molecular complexity index is 1140. The Morgan fingerprint density at radius 2 is 2.00 bits per heavy atom. The van der Waals surface area contributed by atoms with Crippen LogP contribution in [0.15, 0.2) is 58.2 Å². The highest BCUT2D eigenvalue weighted by Crippen LogP contribution is 2.24. The first-order valence-corrected chi connectivity index (χ1v) is 10.6. The highest BCUT2D eigenvalue weighted by molar-refractivity contribution is 9.10. The summed E-state index contributed by atoms with van der Waals surface area (Å²) in [6.07, 6.45) is -0.226. The smallest absolute Gasteiger partial charge is 0.268 e. The lowest BCUT2D eigenvalue weighted by atomic mass is 10.0. The van der Waals surface area contributed by atoms with E-state index in [1.54, 1.807) is 0 Å². The summed E-state index contributed by atoms with van der Waals surface area (Å²) in [6.45, 7) is 6.58. The number of hydrogen-bond donors (Lipinski definition) is 1. The summed E-state index contributed by atoms with van der Waals surface area (Å²) in [5.41, 5.74) is 6.50. The lowest BCUT2D eigenvalue weighted by molar-refractivity contribution is -0.125. The summed E-state index contributed by atoms with van der Waals surface area (Å²) in [4.78, 5) is 18.2. The van der Waals surface area contributed by atoms with Crippen LogP contribution in [0.2, 0.25) is 0 Å². The minimum atomic E-state index is -0.655. The van der Waals surface area contributed by atoms with Crippen molar-refractivity contribution in [3.63, 3.8) is 0 Å². The molecule has 1 unspecified atom stereocenters. The second-order valence-corrected chi connectivity index (χ2v) is 8.44. The molecular formula is C23H23BrN4O2. The number of anilines is 1. The van der Waals surface area contributed by atoms with Crippen LogP contribution >= 0.6 is 15.9 Å². The third-order valence-electron chi connectivity index (χ3n) is 5.16. The van der Waals surface area contributed by atoms with Gasteiger partial charge in [-0.25, -0.2) is 0 Å². The third kappa shape index (κ3) is 4.31. The summed E-state index contributed by atoms with van der Waals surface area (Å²) in [6, 6.07) is 16.1. The molecule has 1 aliphatic heterocycles. The van der Waals surface area contributed by atoms with Gasteiger partial charge in [0.05, 0.1) is 29.3 Å². The number of rotatable bonds is 5. The molecule has 0 fully saturated rings. The van der Waals surface area contributed by atoms with Gasteiger partial charge in [0.1, 0.15) is 0 Å². The van der Waals surface area contributed by atoms with Crippen LogP contribution in [-0.4, -0.2) is 27.5 Å². The van der Waals surface area contributed by atoms with Crippen LogP contribution in [0.4, 0.5) is 5.69 Å². The number of aromatic nitrogens is 2. The summed E-state index contributed by atoms with van der Waals surface area (Å²) < 4.78 is 2.88. The number of nitrogens with one attached hydrogen (secondary N) is 1. The van der Waals surface area contributed by atoms with Crippen LogP contribution in [-0.2, 0) is 16.2 Å². The molecule has 4 rings (SSSR count). The Labute approximate surface area is 184 Å². The van der Waals surface area contributed by atoms with E-state index in [2.05, 4.69) is 56.6 Å². The van der Waals surface area contributed by atoms with Gasteiger partial charge in [-0.1, -0.05) is 63.0 Å². The molecule has 1 aliphatic rings. The Balaban J connectivity index is 1.44. The number of aryl methyl sites for hydroxylation is 2. The summed E-state index contributed by atoms with van der Waals surface area (Å²) in [5.74, 6) is -0.218. The van der Waals surface area contributed by atoms with E-state index in [0.29, 0.717) is 13.0 Å². The monoisotopic (exact) mass is 466 g/mol. The van der Waals surface area contributed by atoms with Gasteiger partial charge in [0.25, 0.3) is 5.91 Å². The largest absolute Gasteiger partial charge is 0.382 e. The summed E-state index contributed by atoms with van der Waals surface area (Å²) in [5, 5.41) is 11.7. The normalized spacial score (nSPS) is 15.6. The highest BCUT2D eigenvalue weighted by Gasteiger charge is 2.30. The first-order chi connectivity index (χ1) is 14.4. The first-order valence-electron chi connectivity index (χ1n) is 9.80. The molecule has 0 bridgehead atoms. The zero-order valence-electron chi connectivity index (χ0n) is 17.1. The van der Waals surface area contributed by atoms with Crippen molar-refractivity contribution in [1.29, 1.82) is 0 Å². The van der Waals surface area contributed by atoms with Gasteiger partial charge >= 0.3 is 0 Å². The van der Waals surface area contributed by atoms with E-state index < -0.39 is 6.10 Å². The van der Waals surface area contributed by atoms with E-state index in [1.807, 2.05) is 48.9 Å². The molecule has 1 atom stereocenters. The minimum Gasteiger partial charge on any atom is -0.382 e. The fraction of sp³-hybridized carbons (Fsp3) is 0.261. The number of halogens is 1. The SMILES string of the molecule is Cc1cccc(Cn2nc(C)c(NC(=O)C3CC(c4cccc(Br)c4)=NO3)c2C)c1. The van der Waals surface area contributed by atoms with Crippen molar-refractivity contribution in [2.75, 3.05) is 5.32 Å². The minimum absolute atomic E-state index is 0.218. The number of oxime groups is 1. The number of benzene rings is 2. The lowest BCUT2D eigenvalue weighted by Gasteiger charge is -2.10. The van der Waals surface area contributed by atoms with Crippen LogP contribution < -0.4 is 5.32 Å². The molecule has 2 heterocycles. The fourth-order valence-corrected chi connectivity index (χ4v) is 3.97. The van der Waals surface area contributed by atoms with Crippen LogP contribution in [0.5, 0.6) is 0 Å². The molecule has 3 aromatic rings.